The van der Waals surface area contributed by atoms with Crippen molar-refractivity contribution in [3.8, 4) is 0 Å². The minimum atomic E-state index is -3.63. The molecule has 0 aromatic heterocycles. The van der Waals surface area contributed by atoms with E-state index in [2.05, 4.69) is 10.6 Å². The van der Waals surface area contributed by atoms with Crippen molar-refractivity contribution in [2.75, 3.05) is 24.7 Å². The van der Waals surface area contributed by atoms with Crippen LogP contribution in [-0.2, 0) is 14.6 Å². The number of nitrogens with one attached hydrogen (secondary N) is 2. The number of amides is 1. The van der Waals surface area contributed by atoms with Gasteiger partial charge in [-0.3, -0.25) is 4.79 Å². The number of piperidine rings is 1. The highest BCUT2D eigenvalue weighted by Crippen LogP contribution is 2.30. The highest BCUT2D eigenvalue weighted by atomic mass is 35.5. The Hall–Kier alpha value is -0.890. The third-order valence-corrected chi connectivity index (χ3v) is 5.96. The Bertz CT molecular complexity index is 661. The van der Waals surface area contributed by atoms with Crippen molar-refractivity contribution in [1.29, 1.82) is 0 Å². The summed E-state index contributed by atoms with van der Waals surface area (Å²) in [6.45, 7) is 0.840. The summed E-state index contributed by atoms with van der Waals surface area (Å²) in [5.41, 5.74) is -0.0778. The van der Waals surface area contributed by atoms with E-state index in [0.29, 0.717) is 13.1 Å². The summed E-state index contributed by atoms with van der Waals surface area (Å²) < 4.78 is 36.4. The first-order valence-corrected chi connectivity index (χ1v) is 8.70. The zero-order valence-corrected chi connectivity index (χ0v) is 14.2. The number of sulfone groups is 1. The van der Waals surface area contributed by atoms with Gasteiger partial charge in [0.1, 0.15) is 5.82 Å². The van der Waals surface area contributed by atoms with Gasteiger partial charge >= 0.3 is 0 Å². The summed E-state index contributed by atoms with van der Waals surface area (Å²) in [6.07, 6.45) is 1.36. The largest absolute Gasteiger partial charge is 0.322 e. The average molecular weight is 371 g/mol. The van der Waals surface area contributed by atoms with Gasteiger partial charge in [0, 0.05) is 11.3 Å². The molecule has 5 nitrogen and oxygen atoms in total. The molecule has 0 saturated carbocycles. The van der Waals surface area contributed by atoms with E-state index in [-0.39, 0.29) is 36.0 Å². The van der Waals surface area contributed by atoms with Crippen LogP contribution in [0.15, 0.2) is 18.2 Å². The second-order valence-corrected chi connectivity index (χ2v) is 7.86. The second-order valence-electron chi connectivity index (χ2n) is 5.09. The van der Waals surface area contributed by atoms with E-state index in [1.54, 1.807) is 0 Å². The molecule has 0 unspecified atom stereocenters. The van der Waals surface area contributed by atoms with Gasteiger partial charge in [-0.1, -0.05) is 11.6 Å². The van der Waals surface area contributed by atoms with Crippen LogP contribution in [0.5, 0.6) is 0 Å². The molecular weight excluding hydrogens is 354 g/mol. The van der Waals surface area contributed by atoms with E-state index >= 15 is 0 Å². The van der Waals surface area contributed by atoms with Gasteiger partial charge in [0.2, 0.25) is 5.91 Å². The third kappa shape index (κ3) is 3.71. The number of hydrogen-bond donors (Lipinski definition) is 2. The van der Waals surface area contributed by atoms with Crippen LogP contribution in [0.1, 0.15) is 12.8 Å². The van der Waals surface area contributed by atoms with Crippen molar-refractivity contribution in [3.05, 3.63) is 29.0 Å². The van der Waals surface area contributed by atoms with Crippen molar-refractivity contribution in [3.63, 3.8) is 0 Å². The molecule has 1 aliphatic heterocycles. The molecule has 1 aromatic carbocycles. The molecular formula is C13H17Cl2FN2O3S. The number of benzene rings is 1. The Kier molecular flexibility index (Phi) is 6.20. The maximum absolute atomic E-state index is 13.7. The Morgan fingerprint density at radius 2 is 1.95 bits per heavy atom. The summed E-state index contributed by atoms with van der Waals surface area (Å²) in [5, 5.41) is 5.59. The van der Waals surface area contributed by atoms with E-state index < -0.39 is 26.3 Å². The molecule has 0 radical (unpaired) electrons. The number of hydrogen-bond acceptors (Lipinski definition) is 4. The molecule has 1 aromatic rings. The van der Waals surface area contributed by atoms with Crippen LogP contribution in [0.25, 0.3) is 0 Å². The fraction of sp³-hybridized carbons (Fsp3) is 0.462. The maximum Gasteiger partial charge on any atom is 0.246 e. The van der Waals surface area contributed by atoms with Crippen molar-refractivity contribution >= 4 is 45.4 Å². The predicted molar refractivity (Wildman–Crippen MR) is 87.0 cm³/mol. The van der Waals surface area contributed by atoms with Crippen LogP contribution in [0.3, 0.4) is 0 Å². The first-order valence-electron chi connectivity index (χ1n) is 6.43. The lowest BCUT2D eigenvalue weighted by atomic mass is 9.95. The van der Waals surface area contributed by atoms with E-state index in [1.807, 2.05) is 0 Å². The lowest BCUT2D eigenvalue weighted by Crippen LogP contribution is -2.55. The van der Waals surface area contributed by atoms with Gasteiger partial charge in [-0.05, 0) is 44.1 Å². The van der Waals surface area contributed by atoms with Crippen molar-refractivity contribution in [2.45, 2.75) is 17.6 Å². The zero-order valence-electron chi connectivity index (χ0n) is 11.9. The van der Waals surface area contributed by atoms with E-state index in [1.165, 1.54) is 12.1 Å². The van der Waals surface area contributed by atoms with Crippen LogP contribution >= 0.6 is 24.0 Å². The SMILES string of the molecule is CS(=O)(=O)C1(C(=O)Nc2ccc(Cl)cc2F)CCNCC1.Cl. The normalized spacial score (nSPS) is 17.4. The molecule has 0 spiro atoms. The monoisotopic (exact) mass is 370 g/mol. The molecule has 1 heterocycles. The summed E-state index contributed by atoms with van der Waals surface area (Å²) in [4.78, 5) is 12.5. The fourth-order valence-electron chi connectivity index (χ4n) is 2.42. The summed E-state index contributed by atoms with van der Waals surface area (Å²) in [5.74, 6) is -1.40. The minimum Gasteiger partial charge on any atom is -0.322 e. The van der Waals surface area contributed by atoms with Crippen molar-refractivity contribution in [2.24, 2.45) is 0 Å². The Labute approximate surface area is 139 Å². The van der Waals surface area contributed by atoms with Crippen LogP contribution in [0, 0.1) is 5.82 Å². The third-order valence-electron chi connectivity index (χ3n) is 3.71. The van der Waals surface area contributed by atoms with Gasteiger partial charge in [0.25, 0.3) is 0 Å². The van der Waals surface area contributed by atoms with Crippen molar-refractivity contribution < 1.29 is 17.6 Å². The first-order chi connectivity index (χ1) is 9.76. The number of anilines is 1. The van der Waals surface area contributed by atoms with Gasteiger partial charge in [0.15, 0.2) is 14.6 Å². The molecule has 2 N–H and O–H groups in total. The molecule has 0 atom stereocenters. The van der Waals surface area contributed by atoms with Gasteiger partial charge in [-0.2, -0.15) is 0 Å². The predicted octanol–water partition coefficient (Wildman–Crippen LogP) is 2.01. The van der Waals surface area contributed by atoms with Gasteiger partial charge < -0.3 is 10.6 Å². The summed E-state index contributed by atoms with van der Waals surface area (Å²) in [7, 11) is -3.63. The Morgan fingerprint density at radius 3 is 2.45 bits per heavy atom. The molecule has 2 rings (SSSR count). The smallest absolute Gasteiger partial charge is 0.246 e. The standard InChI is InChI=1S/C13H16ClFN2O3S.ClH/c1-21(19,20)13(4-6-16-7-5-13)12(18)17-11-3-2-9(14)8-10(11)15;/h2-3,8,16H,4-7H2,1H3,(H,17,18);1H. The molecule has 9 heteroatoms. The molecule has 22 heavy (non-hydrogen) atoms. The highest BCUT2D eigenvalue weighted by Gasteiger charge is 2.48. The van der Waals surface area contributed by atoms with Crippen LogP contribution in [0.2, 0.25) is 5.02 Å². The lowest BCUT2D eigenvalue weighted by Gasteiger charge is -2.34. The Morgan fingerprint density at radius 1 is 1.36 bits per heavy atom. The topological polar surface area (TPSA) is 75.3 Å². The quantitative estimate of drug-likeness (QED) is 0.853. The highest BCUT2D eigenvalue weighted by molar-refractivity contribution is 7.92. The summed E-state index contributed by atoms with van der Waals surface area (Å²) in [6, 6.07) is 3.80. The molecule has 1 amide bonds. The van der Waals surface area contributed by atoms with E-state index in [4.69, 9.17) is 11.6 Å². The van der Waals surface area contributed by atoms with Crippen LogP contribution in [0.4, 0.5) is 10.1 Å². The number of halogens is 3. The number of carbonyl (C=O) groups excluding carboxylic acids is 1. The van der Waals surface area contributed by atoms with E-state index in [9.17, 15) is 17.6 Å². The molecule has 1 saturated heterocycles. The average Bonchev–Trinajstić information content (AvgIpc) is 2.41. The molecule has 124 valence electrons. The van der Waals surface area contributed by atoms with Crippen molar-refractivity contribution in [1.82, 2.24) is 5.32 Å². The van der Waals surface area contributed by atoms with Crippen LogP contribution in [-0.4, -0.2) is 38.4 Å². The van der Waals surface area contributed by atoms with Crippen LogP contribution < -0.4 is 10.6 Å². The Balaban J connectivity index is 0.00000242. The van der Waals surface area contributed by atoms with E-state index in [0.717, 1.165) is 12.3 Å². The minimum absolute atomic E-state index is 0. The lowest BCUT2D eigenvalue weighted by molar-refractivity contribution is -0.119. The van der Waals surface area contributed by atoms with Gasteiger partial charge in [0.05, 0.1) is 5.69 Å². The zero-order chi connectivity index (χ0) is 15.7. The first kappa shape index (κ1) is 19.2. The fourth-order valence-corrected chi connectivity index (χ4v) is 3.92. The maximum atomic E-state index is 13.7. The second kappa shape index (κ2) is 7.12. The molecule has 0 aliphatic carbocycles. The number of rotatable bonds is 3. The number of carbonyl (C=O) groups is 1. The van der Waals surface area contributed by atoms with Gasteiger partial charge in [-0.25, -0.2) is 12.8 Å². The molecule has 1 aliphatic rings. The molecule has 0 bridgehead atoms. The molecule has 1 fully saturated rings. The van der Waals surface area contributed by atoms with Gasteiger partial charge in [-0.15, -0.1) is 12.4 Å². The summed E-state index contributed by atoms with van der Waals surface area (Å²) >= 11 is 5.65.